The van der Waals surface area contributed by atoms with Crippen LogP contribution in [0.4, 0.5) is 5.69 Å². The van der Waals surface area contributed by atoms with Crippen LogP contribution in [0.2, 0.25) is 5.02 Å². The maximum absolute atomic E-state index is 8.83. The van der Waals surface area contributed by atoms with E-state index in [9.17, 15) is 0 Å². The van der Waals surface area contributed by atoms with Gasteiger partial charge in [-0.15, -0.1) is 0 Å². The fraction of sp³-hybridized carbons (Fsp3) is 0. The minimum atomic E-state index is 0.395. The molecule has 0 aliphatic rings. The Morgan fingerprint density at radius 2 is 2.22 bits per heavy atom. The van der Waals surface area contributed by atoms with Crippen molar-refractivity contribution in [3.8, 4) is 17.6 Å². The number of nitrogens with zero attached hydrogens (tertiary/aromatic N) is 2. The fourth-order valence-corrected chi connectivity index (χ4v) is 2.26. The summed E-state index contributed by atoms with van der Waals surface area (Å²) in [6, 6.07) is 6.94. The van der Waals surface area contributed by atoms with Crippen molar-refractivity contribution in [2.24, 2.45) is 0 Å². The number of halogens is 2. The van der Waals surface area contributed by atoms with E-state index < -0.39 is 0 Å². The van der Waals surface area contributed by atoms with Crippen molar-refractivity contribution >= 4 is 39.9 Å². The van der Waals surface area contributed by atoms with Crippen molar-refractivity contribution in [2.75, 3.05) is 5.73 Å². The molecule has 6 heteroatoms. The average molecular weight is 372 g/mol. The third-order valence-electron chi connectivity index (χ3n) is 2.15. The van der Waals surface area contributed by atoms with Crippen LogP contribution in [0.5, 0.6) is 11.5 Å². The summed E-state index contributed by atoms with van der Waals surface area (Å²) in [5, 5.41) is 9.23. The van der Waals surface area contributed by atoms with E-state index >= 15 is 0 Å². The molecule has 2 N–H and O–H groups in total. The normalized spacial score (nSPS) is 9.83. The van der Waals surface area contributed by atoms with Gasteiger partial charge >= 0.3 is 0 Å². The quantitative estimate of drug-likeness (QED) is 0.647. The topological polar surface area (TPSA) is 71.9 Å². The molecule has 0 radical (unpaired) electrons. The van der Waals surface area contributed by atoms with Gasteiger partial charge in [-0.25, -0.2) is 0 Å². The molecule has 2 aromatic rings. The number of pyridine rings is 1. The lowest BCUT2D eigenvalue weighted by Gasteiger charge is -2.11. The molecule has 4 nitrogen and oxygen atoms in total. The van der Waals surface area contributed by atoms with Crippen LogP contribution in [0.3, 0.4) is 0 Å². The smallest absolute Gasteiger partial charge is 0.163 e. The fourth-order valence-electron chi connectivity index (χ4n) is 1.34. The monoisotopic (exact) mass is 371 g/mol. The summed E-state index contributed by atoms with van der Waals surface area (Å²) in [5.41, 5.74) is 6.74. The Kier molecular flexibility index (Phi) is 3.89. The molecular weight excluding hydrogens is 365 g/mol. The second kappa shape index (κ2) is 5.42. The summed E-state index contributed by atoms with van der Waals surface area (Å²) in [5.74, 6) is 0.962. The number of nitrogen functional groups attached to an aromatic ring is 1. The maximum atomic E-state index is 8.83. The molecule has 2 rings (SSSR count). The SMILES string of the molecule is N#Cc1cc(N)c(Oc2ccncc2Cl)c(I)c1. The first kappa shape index (κ1) is 12.9. The van der Waals surface area contributed by atoms with Crippen molar-refractivity contribution in [1.29, 1.82) is 5.26 Å². The second-order valence-corrected chi connectivity index (χ2v) is 4.97. The zero-order chi connectivity index (χ0) is 13.1. The van der Waals surface area contributed by atoms with Gasteiger partial charge in [0, 0.05) is 18.5 Å². The van der Waals surface area contributed by atoms with Crippen LogP contribution in [0.15, 0.2) is 30.6 Å². The number of hydrogen-bond acceptors (Lipinski definition) is 4. The number of nitrogens with two attached hydrogens (primary N) is 1. The van der Waals surface area contributed by atoms with Crippen LogP contribution in [0.1, 0.15) is 5.56 Å². The summed E-state index contributed by atoms with van der Waals surface area (Å²) in [7, 11) is 0. The van der Waals surface area contributed by atoms with Crippen LogP contribution < -0.4 is 10.5 Å². The van der Waals surface area contributed by atoms with E-state index in [0.29, 0.717) is 27.8 Å². The van der Waals surface area contributed by atoms with Gasteiger partial charge in [-0.2, -0.15) is 5.26 Å². The van der Waals surface area contributed by atoms with Crippen LogP contribution >= 0.6 is 34.2 Å². The Hall–Kier alpha value is -1.52. The predicted octanol–water partition coefficient (Wildman–Crippen LogP) is 3.59. The zero-order valence-electron chi connectivity index (χ0n) is 9.02. The highest BCUT2D eigenvalue weighted by Gasteiger charge is 2.11. The molecule has 1 heterocycles. The molecule has 0 unspecified atom stereocenters. The van der Waals surface area contributed by atoms with Crippen molar-refractivity contribution in [3.63, 3.8) is 0 Å². The molecule has 18 heavy (non-hydrogen) atoms. The van der Waals surface area contributed by atoms with Gasteiger partial charge in [0.05, 0.1) is 20.9 Å². The van der Waals surface area contributed by atoms with E-state index in [-0.39, 0.29) is 0 Å². The lowest BCUT2D eigenvalue weighted by Crippen LogP contribution is -1.96. The van der Waals surface area contributed by atoms with Gasteiger partial charge in [0.1, 0.15) is 10.8 Å². The Bertz CT molecular complexity index is 616. The van der Waals surface area contributed by atoms with Gasteiger partial charge in [0.25, 0.3) is 0 Å². The van der Waals surface area contributed by atoms with Gasteiger partial charge in [0.15, 0.2) is 5.75 Å². The van der Waals surface area contributed by atoms with E-state index in [0.717, 1.165) is 3.57 Å². The molecule has 1 aromatic heterocycles. The molecule has 0 aliphatic carbocycles. The van der Waals surface area contributed by atoms with E-state index in [1.807, 2.05) is 6.07 Å². The first-order chi connectivity index (χ1) is 8.61. The molecule has 0 spiro atoms. The first-order valence-electron chi connectivity index (χ1n) is 4.88. The molecule has 0 amide bonds. The van der Waals surface area contributed by atoms with Crippen molar-refractivity contribution in [3.05, 3.63) is 44.7 Å². The Morgan fingerprint density at radius 3 is 2.83 bits per heavy atom. The number of aromatic nitrogens is 1. The van der Waals surface area contributed by atoms with E-state index in [4.69, 9.17) is 27.3 Å². The highest BCUT2D eigenvalue weighted by Crippen LogP contribution is 2.35. The summed E-state index contributed by atoms with van der Waals surface area (Å²) in [6.07, 6.45) is 3.07. The highest BCUT2D eigenvalue weighted by atomic mass is 127. The minimum Gasteiger partial charge on any atom is -0.452 e. The van der Waals surface area contributed by atoms with Crippen molar-refractivity contribution in [1.82, 2.24) is 4.98 Å². The highest BCUT2D eigenvalue weighted by molar-refractivity contribution is 14.1. The Morgan fingerprint density at radius 1 is 1.44 bits per heavy atom. The average Bonchev–Trinajstić information content (AvgIpc) is 2.35. The third kappa shape index (κ3) is 2.66. The Balaban J connectivity index is 2.42. The number of anilines is 1. The van der Waals surface area contributed by atoms with Crippen LogP contribution in [0.25, 0.3) is 0 Å². The number of benzene rings is 1. The van der Waals surface area contributed by atoms with Gasteiger partial charge in [-0.05, 0) is 34.7 Å². The number of hydrogen-bond donors (Lipinski definition) is 1. The molecule has 0 saturated carbocycles. The summed E-state index contributed by atoms with van der Waals surface area (Å²) in [6.45, 7) is 0. The lowest BCUT2D eigenvalue weighted by molar-refractivity contribution is 0.481. The molecule has 0 fully saturated rings. The first-order valence-corrected chi connectivity index (χ1v) is 6.34. The van der Waals surface area contributed by atoms with Gasteiger partial charge in [-0.3, -0.25) is 4.98 Å². The van der Waals surface area contributed by atoms with Crippen LogP contribution in [-0.4, -0.2) is 4.98 Å². The maximum Gasteiger partial charge on any atom is 0.163 e. The minimum absolute atomic E-state index is 0.395. The van der Waals surface area contributed by atoms with Crippen molar-refractivity contribution < 1.29 is 4.74 Å². The zero-order valence-corrected chi connectivity index (χ0v) is 11.9. The standard InChI is InChI=1S/C12H7ClIN3O/c13-8-6-17-2-1-11(8)18-12-9(14)3-7(5-15)4-10(12)16/h1-4,6H,16H2. The molecule has 0 saturated heterocycles. The van der Waals surface area contributed by atoms with Gasteiger partial charge in [-0.1, -0.05) is 11.6 Å². The van der Waals surface area contributed by atoms with E-state index in [2.05, 4.69) is 27.6 Å². The van der Waals surface area contributed by atoms with Crippen LogP contribution in [0, 0.1) is 14.9 Å². The summed E-state index contributed by atoms with van der Waals surface area (Å²) >= 11 is 8.01. The molecule has 0 aliphatic heterocycles. The number of nitriles is 1. The lowest BCUT2D eigenvalue weighted by atomic mass is 10.2. The van der Waals surface area contributed by atoms with E-state index in [1.165, 1.54) is 6.20 Å². The number of ether oxygens (including phenoxy) is 1. The third-order valence-corrected chi connectivity index (χ3v) is 3.23. The molecular formula is C12H7ClIN3O. The summed E-state index contributed by atoms with van der Waals surface area (Å²) in [4.78, 5) is 3.87. The summed E-state index contributed by atoms with van der Waals surface area (Å²) < 4.78 is 6.40. The largest absolute Gasteiger partial charge is 0.452 e. The van der Waals surface area contributed by atoms with E-state index in [1.54, 1.807) is 24.4 Å². The van der Waals surface area contributed by atoms with Gasteiger partial charge in [0.2, 0.25) is 0 Å². The van der Waals surface area contributed by atoms with Crippen LogP contribution in [-0.2, 0) is 0 Å². The second-order valence-electron chi connectivity index (χ2n) is 3.40. The molecule has 0 bridgehead atoms. The van der Waals surface area contributed by atoms with Gasteiger partial charge < -0.3 is 10.5 Å². The predicted molar refractivity (Wildman–Crippen MR) is 77.6 cm³/mol. The molecule has 1 aromatic carbocycles. The number of rotatable bonds is 2. The molecule has 0 atom stereocenters. The molecule has 90 valence electrons. The Labute approximate surface area is 122 Å². The van der Waals surface area contributed by atoms with Crippen molar-refractivity contribution in [2.45, 2.75) is 0 Å².